The van der Waals surface area contributed by atoms with E-state index >= 15 is 0 Å². The average molecular weight is 292 g/mol. The Hall–Kier alpha value is -0.916. The summed E-state index contributed by atoms with van der Waals surface area (Å²) in [4.78, 5) is 16.9. The van der Waals surface area contributed by atoms with Gasteiger partial charge < -0.3 is 17.4 Å². The molecule has 0 saturated carbocycles. The number of aromatic amines is 1. The van der Waals surface area contributed by atoms with E-state index in [0.717, 1.165) is 0 Å². The summed E-state index contributed by atoms with van der Waals surface area (Å²) in [5.74, 6) is 0. The van der Waals surface area contributed by atoms with Crippen molar-refractivity contribution in [2.45, 2.75) is 13.8 Å². The van der Waals surface area contributed by atoms with Crippen molar-refractivity contribution >= 4 is 11.0 Å². The molecule has 83 valence electrons. The van der Waals surface area contributed by atoms with Gasteiger partial charge in [-0.1, -0.05) is 19.9 Å². The number of hydrogen-bond acceptors (Lipinski definition) is 2. The zero-order valence-electron chi connectivity index (χ0n) is 9.61. The fourth-order valence-electron chi connectivity index (χ4n) is 1.06. The largest absolute Gasteiger partial charge is 0.424 e. The van der Waals surface area contributed by atoms with Gasteiger partial charge >= 0.3 is 0 Å². The predicted molar refractivity (Wildman–Crippen MR) is 60.4 cm³/mol. The number of rotatable bonds is 0. The molecule has 1 aromatic heterocycles. The topological polar surface area (TPSA) is 70.8 Å². The fourth-order valence-corrected chi connectivity index (χ4v) is 1.06. The number of hydrogen-bond donors (Lipinski definition) is 1. The number of H-pyrrole nitrogens is 1. The third kappa shape index (κ3) is 3.92. The summed E-state index contributed by atoms with van der Waals surface area (Å²) in [5, 5.41) is 8.54. The molecule has 1 N–H and O–H groups in total. The number of aromatic nitrogens is 2. The summed E-state index contributed by atoms with van der Waals surface area (Å²) in [6, 6.07) is 6.85. The number of nitriles is 1. The summed E-state index contributed by atoms with van der Waals surface area (Å²) in [7, 11) is 0. The standard InChI is InChI=1S/C8H5N3O.C2H6.CH3.Y/c9-4-5-1-2-6-7(3-5)11-8(12)10-6;1-2;;/h1-3H,(H2,10,11,12);1-2H3;1H3;/q;;-1;/p-1. The molecule has 4 nitrogen and oxygen atoms in total. The normalized spacial score (nSPS) is 7.81. The minimum absolute atomic E-state index is 0. The third-order valence-corrected chi connectivity index (χ3v) is 1.59. The van der Waals surface area contributed by atoms with Crippen molar-refractivity contribution < 1.29 is 32.7 Å². The van der Waals surface area contributed by atoms with Gasteiger partial charge in [0, 0.05) is 32.7 Å². The second-order valence-electron chi connectivity index (χ2n) is 2.39. The summed E-state index contributed by atoms with van der Waals surface area (Å²) in [6.45, 7) is 4.00. The van der Waals surface area contributed by atoms with Crippen LogP contribution in [0, 0.1) is 18.8 Å². The van der Waals surface area contributed by atoms with E-state index in [4.69, 9.17) is 5.26 Å². The number of nitrogens with zero attached hydrogens (tertiary/aromatic N) is 2. The number of benzene rings is 1. The Morgan fingerprint density at radius 1 is 1.38 bits per heavy atom. The van der Waals surface area contributed by atoms with E-state index in [1.165, 1.54) is 0 Å². The van der Waals surface area contributed by atoms with Crippen LogP contribution in [0.3, 0.4) is 0 Å². The fraction of sp³-hybridized carbons (Fsp3) is 0.182. The van der Waals surface area contributed by atoms with Gasteiger partial charge in [0.2, 0.25) is 0 Å². The van der Waals surface area contributed by atoms with Crippen molar-refractivity contribution in [1.29, 1.82) is 5.26 Å². The molecule has 0 aliphatic carbocycles. The molecule has 1 aromatic carbocycles. The van der Waals surface area contributed by atoms with Crippen LogP contribution in [-0.2, 0) is 32.7 Å². The van der Waals surface area contributed by atoms with Gasteiger partial charge in [0.25, 0.3) is 0 Å². The SMILES string of the molecule is CC.N#Cc1ccc2[n-]c(=O)[nH]c2c1.[CH3-].[Y]. The number of nitrogens with one attached hydrogen (secondary N) is 1. The Balaban J connectivity index is 0. The van der Waals surface area contributed by atoms with Gasteiger partial charge in [-0.25, -0.2) is 0 Å². The van der Waals surface area contributed by atoms with E-state index in [1.54, 1.807) is 18.2 Å². The first-order valence-electron chi connectivity index (χ1n) is 4.36. The van der Waals surface area contributed by atoms with E-state index in [0.29, 0.717) is 16.6 Å². The Bertz CT molecular complexity index is 522. The van der Waals surface area contributed by atoms with Crippen molar-refractivity contribution in [1.82, 2.24) is 9.97 Å². The minimum Gasteiger partial charge on any atom is -0.424 e. The first-order chi connectivity index (χ1) is 6.79. The molecule has 0 spiro atoms. The van der Waals surface area contributed by atoms with Crippen molar-refractivity contribution in [3.63, 3.8) is 0 Å². The van der Waals surface area contributed by atoms with E-state index in [1.807, 2.05) is 19.9 Å². The van der Waals surface area contributed by atoms with Crippen LogP contribution < -0.4 is 10.7 Å². The Kier molecular flexibility index (Phi) is 9.02. The zero-order chi connectivity index (χ0) is 10.6. The molecule has 1 heterocycles. The van der Waals surface area contributed by atoms with Crippen molar-refractivity contribution in [3.8, 4) is 6.07 Å². The molecule has 2 rings (SSSR count). The first kappa shape index (κ1) is 17.5. The molecule has 1 radical (unpaired) electrons. The van der Waals surface area contributed by atoms with Crippen LogP contribution in [0.25, 0.3) is 11.0 Å². The third-order valence-electron chi connectivity index (χ3n) is 1.59. The Labute approximate surface area is 120 Å². The molecular weight excluding hydrogens is 279 g/mol. The van der Waals surface area contributed by atoms with Crippen LogP contribution in [0.1, 0.15) is 19.4 Å². The molecule has 0 unspecified atom stereocenters. The second-order valence-corrected chi connectivity index (χ2v) is 2.39. The summed E-state index contributed by atoms with van der Waals surface area (Å²) < 4.78 is 0. The minimum atomic E-state index is -0.375. The van der Waals surface area contributed by atoms with Gasteiger partial charge in [-0.05, 0) is 23.2 Å². The van der Waals surface area contributed by atoms with Gasteiger partial charge in [0.05, 0.1) is 11.6 Å². The van der Waals surface area contributed by atoms with E-state index in [-0.39, 0.29) is 45.8 Å². The van der Waals surface area contributed by atoms with Crippen molar-refractivity contribution in [2.75, 3.05) is 0 Å². The number of fused-ring (bicyclic) bond motifs is 1. The molecule has 16 heavy (non-hydrogen) atoms. The maximum Gasteiger partial charge on any atom is 0.160 e. The molecule has 0 aliphatic rings. The van der Waals surface area contributed by atoms with Crippen LogP contribution in [0.15, 0.2) is 23.0 Å². The van der Waals surface area contributed by atoms with Crippen LogP contribution in [0.2, 0.25) is 0 Å². The van der Waals surface area contributed by atoms with Gasteiger partial charge in [0.1, 0.15) is 0 Å². The van der Waals surface area contributed by atoms with Crippen LogP contribution in [-0.4, -0.2) is 4.98 Å². The maximum atomic E-state index is 10.7. The van der Waals surface area contributed by atoms with Crippen LogP contribution in [0.5, 0.6) is 0 Å². The van der Waals surface area contributed by atoms with Crippen molar-refractivity contribution in [2.24, 2.45) is 0 Å². The molecule has 0 amide bonds. The number of imidazole rings is 1. The van der Waals surface area contributed by atoms with Gasteiger partial charge in [-0.2, -0.15) is 5.26 Å². The smallest absolute Gasteiger partial charge is 0.160 e. The van der Waals surface area contributed by atoms with E-state index in [9.17, 15) is 4.79 Å². The first-order valence-corrected chi connectivity index (χ1v) is 4.36. The second kappa shape index (κ2) is 8.26. The molecule has 0 fully saturated rings. The van der Waals surface area contributed by atoms with Gasteiger partial charge in [-0.15, -0.1) is 0 Å². The quantitative estimate of drug-likeness (QED) is 0.753. The van der Waals surface area contributed by atoms with Gasteiger partial charge in [0.15, 0.2) is 5.69 Å². The Morgan fingerprint density at radius 2 is 2.00 bits per heavy atom. The zero-order valence-corrected chi connectivity index (χ0v) is 12.5. The maximum absolute atomic E-state index is 10.7. The summed E-state index contributed by atoms with van der Waals surface area (Å²) in [6.07, 6.45) is 0. The Morgan fingerprint density at radius 3 is 2.56 bits per heavy atom. The van der Waals surface area contributed by atoms with E-state index in [2.05, 4.69) is 9.97 Å². The predicted octanol–water partition coefficient (Wildman–Crippen LogP) is 1.83. The van der Waals surface area contributed by atoms with Gasteiger partial charge in [-0.3, -0.25) is 4.79 Å². The van der Waals surface area contributed by atoms with Crippen LogP contribution >= 0.6 is 0 Å². The molecule has 0 bridgehead atoms. The molecular formula is C11H13N3OY-2. The summed E-state index contributed by atoms with van der Waals surface area (Å²) in [5.41, 5.74) is 1.35. The molecule has 0 saturated heterocycles. The van der Waals surface area contributed by atoms with Crippen molar-refractivity contribution in [3.05, 3.63) is 41.7 Å². The van der Waals surface area contributed by atoms with E-state index < -0.39 is 0 Å². The molecule has 0 atom stereocenters. The summed E-state index contributed by atoms with van der Waals surface area (Å²) >= 11 is 0. The molecule has 2 aromatic rings. The van der Waals surface area contributed by atoms with Crippen LogP contribution in [0.4, 0.5) is 0 Å². The monoisotopic (exact) mass is 292 g/mol. The molecule has 5 heteroatoms. The molecule has 0 aliphatic heterocycles. The average Bonchev–Trinajstić information content (AvgIpc) is 2.59.